The zero-order valence-corrected chi connectivity index (χ0v) is 12.6. The highest BCUT2D eigenvalue weighted by atomic mass is 16.5. The minimum absolute atomic E-state index is 0.392. The van der Waals surface area contributed by atoms with Gasteiger partial charge in [0.2, 0.25) is 0 Å². The fraction of sp³-hybridized carbons (Fsp3) is 0.471. The molecule has 0 spiro atoms. The standard InChI is InChI=1S/C17H24N2O/c1-4-20-12-17(13(2)3)19-10-14-5-6-16-11-18-8-7-15(16)9-14/h5-9,11,13,17,19H,4,10,12H2,1-3H3. The Hall–Kier alpha value is -1.45. The fourth-order valence-electron chi connectivity index (χ4n) is 2.22. The van der Waals surface area contributed by atoms with Crippen molar-refractivity contribution in [2.24, 2.45) is 5.92 Å². The second-order valence-electron chi connectivity index (χ2n) is 5.45. The average Bonchev–Trinajstić information content (AvgIpc) is 2.46. The van der Waals surface area contributed by atoms with Gasteiger partial charge in [0.15, 0.2) is 0 Å². The largest absolute Gasteiger partial charge is 0.380 e. The van der Waals surface area contributed by atoms with Crippen LogP contribution in [0.3, 0.4) is 0 Å². The van der Waals surface area contributed by atoms with Gasteiger partial charge in [-0.1, -0.05) is 26.0 Å². The van der Waals surface area contributed by atoms with Gasteiger partial charge in [-0.2, -0.15) is 0 Å². The van der Waals surface area contributed by atoms with Crippen LogP contribution < -0.4 is 5.32 Å². The van der Waals surface area contributed by atoms with E-state index < -0.39 is 0 Å². The van der Waals surface area contributed by atoms with Gasteiger partial charge in [0.05, 0.1) is 6.61 Å². The van der Waals surface area contributed by atoms with E-state index in [1.54, 1.807) is 0 Å². The Kier molecular flexibility index (Phi) is 5.50. The molecule has 0 aliphatic carbocycles. The molecular weight excluding hydrogens is 248 g/mol. The first-order valence-electron chi connectivity index (χ1n) is 7.34. The van der Waals surface area contributed by atoms with Gasteiger partial charge >= 0.3 is 0 Å². The Morgan fingerprint density at radius 2 is 2.05 bits per heavy atom. The highest BCUT2D eigenvalue weighted by Crippen LogP contribution is 2.15. The summed E-state index contributed by atoms with van der Waals surface area (Å²) in [6.07, 6.45) is 3.74. The van der Waals surface area contributed by atoms with E-state index in [9.17, 15) is 0 Å². The van der Waals surface area contributed by atoms with E-state index in [4.69, 9.17) is 4.74 Å². The Balaban J connectivity index is 2.00. The van der Waals surface area contributed by atoms with Crippen molar-refractivity contribution in [3.05, 3.63) is 42.2 Å². The van der Waals surface area contributed by atoms with E-state index in [0.29, 0.717) is 12.0 Å². The number of hydrogen-bond donors (Lipinski definition) is 1. The summed E-state index contributed by atoms with van der Waals surface area (Å²) in [5.74, 6) is 0.561. The molecule has 1 unspecified atom stereocenters. The molecule has 0 amide bonds. The predicted octanol–water partition coefficient (Wildman–Crippen LogP) is 3.39. The summed E-state index contributed by atoms with van der Waals surface area (Å²) in [7, 11) is 0. The predicted molar refractivity (Wildman–Crippen MR) is 83.7 cm³/mol. The summed E-state index contributed by atoms with van der Waals surface area (Å²) in [5, 5.41) is 6.02. The van der Waals surface area contributed by atoms with Gasteiger partial charge in [0.1, 0.15) is 0 Å². The molecule has 108 valence electrons. The molecule has 1 aromatic carbocycles. The SMILES string of the molecule is CCOCC(NCc1ccc2cnccc2c1)C(C)C. The number of hydrogen-bond acceptors (Lipinski definition) is 3. The van der Waals surface area contributed by atoms with E-state index in [2.05, 4.69) is 48.4 Å². The molecule has 0 aliphatic heterocycles. The lowest BCUT2D eigenvalue weighted by molar-refractivity contribution is 0.108. The third-order valence-electron chi connectivity index (χ3n) is 3.58. The van der Waals surface area contributed by atoms with Crippen molar-refractivity contribution in [3.63, 3.8) is 0 Å². The Morgan fingerprint density at radius 3 is 2.80 bits per heavy atom. The molecule has 3 heteroatoms. The second kappa shape index (κ2) is 7.36. The lowest BCUT2D eigenvalue weighted by Gasteiger charge is -2.22. The highest BCUT2D eigenvalue weighted by Gasteiger charge is 2.12. The van der Waals surface area contributed by atoms with Gasteiger partial charge in [0, 0.05) is 37.0 Å². The minimum Gasteiger partial charge on any atom is -0.380 e. The molecule has 2 rings (SSSR count). The number of pyridine rings is 1. The molecule has 20 heavy (non-hydrogen) atoms. The highest BCUT2D eigenvalue weighted by molar-refractivity contribution is 5.81. The molecule has 2 aromatic rings. The zero-order valence-electron chi connectivity index (χ0n) is 12.6. The molecular formula is C17H24N2O. The van der Waals surface area contributed by atoms with Gasteiger partial charge < -0.3 is 10.1 Å². The van der Waals surface area contributed by atoms with Crippen LogP contribution in [0.15, 0.2) is 36.7 Å². The number of rotatable bonds is 7. The van der Waals surface area contributed by atoms with Gasteiger partial charge in [0.25, 0.3) is 0 Å². The number of fused-ring (bicyclic) bond motifs is 1. The summed E-state index contributed by atoms with van der Waals surface area (Å²) in [5.41, 5.74) is 1.30. The molecule has 0 saturated carbocycles. The summed E-state index contributed by atoms with van der Waals surface area (Å²) in [6, 6.07) is 8.96. The van der Waals surface area contributed by atoms with Gasteiger partial charge in [-0.15, -0.1) is 0 Å². The van der Waals surface area contributed by atoms with Crippen LogP contribution in [-0.4, -0.2) is 24.2 Å². The van der Waals surface area contributed by atoms with Crippen LogP contribution in [0, 0.1) is 5.92 Å². The van der Waals surface area contributed by atoms with Crippen molar-refractivity contribution in [2.45, 2.75) is 33.4 Å². The maximum atomic E-state index is 5.54. The van der Waals surface area contributed by atoms with Crippen LogP contribution in [0.25, 0.3) is 10.8 Å². The van der Waals surface area contributed by atoms with Gasteiger partial charge in [-0.25, -0.2) is 0 Å². The molecule has 0 saturated heterocycles. The number of aromatic nitrogens is 1. The summed E-state index contributed by atoms with van der Waals surface area (Å²) < 4.78 is 5.54. The van der Waals surface area contributed by atoms with E-state index in [1.807, 2.05) is 19.3 Å². The van der Waals surface area contributed by atoms with Crippen LogP contribution in [0.4, 0.5) is 0 Å². The van der Waals surface area contributed by atoms with E-state index in [0.717, 1.165) is 19.8 Å². The summed E-state index contributed by atoms with van der Waals surface area (Å²) in [4.78, 5) is 4.14. The first kappa shape index (κ1) is 14.9. The first-order chi connectivity index (χ1) is 9.70. The maximum absolute atomic E-state index is 5.54. The van der Waals surface area contributed by atoms with Crippen LogP contribution in [0.1, 0.15) is 26.3 Å². The molecule has 1 heterocycles. The quantitative estimate of drug-likeness (QED) is 0.839. The lowest BCUT2D eigenvalue weighted by atomic mass is 10.0. The van der Waals surface area contributed by atoms with Crippen molar-refractivity contribution in [3.8, 4) is 0 Å². The number of benzene rings is 1. The number of nitrogens with one attached hydrogen (secondary N) is 1. The minimum atomic E-state index is 0.392. The summed E-state index contributed by atoms with van der Waals surface area (Å²) >= 11 is 0. The molecule has 1 aromatic heterocycles. The number of nitrogens with zero attached hydrogens (tertiary/aromatic N) is 1. The molecule has 0 bridgehead atoms. The van der Waals surface area contributed by atoms with Gasteiger partial charge in [-0.05, 0) is 35.9 Å². The van der Waals surface area contributed by atoms with Crippen molar-refractivity contribution in [1.29, 1.82) is 0 Å². The Labute approximate surface area is 121 Å². The maximum Gasteiger partial charge on any atom is 0.0622 e. The van der Waals surface area contributed by atoms with Gasteiger partial charge in [-0.3, -0.25) is 4.98 Å². The molecule has 0 radical (unpaired) electrons. The normalized spacial score (nSPS) is 13.0. The van der Waals surface area contributed by atoms with Crippen LogP contribution in [-0.2, 0) is 11.3 Å². The molecule has 0 fully saturated rings. The van der Waals surface area contributed by atoms with Crippen LogP contribution in [0.5, 0.6) is 0 Å². The van der Waals surface area contributed by atoms with Crippen molar-refractivity contribution in [2.75, 3.05) is 13.2 Å². The molecule has 1 N–H and O–H groups in total. The third-order valence-corrected chi connectivity index (χ3v) is 3.58. The second-order valence-corrected chi connectivity index (χ2v) is 5.45. The molecule has 1 atom stereocenters. The van der Waals surface area contributed by atoms with Crippen molar-refractivity contribution >= 4 is 10.8 Å². The first-order valence-corrected chi connectivity index (χ1v) is 7.34. The zero-order chi connectivity index (χ0) is 14.4. The Bertz CT molecular complexity index is 539. The molecule has 0 aliphatic rings. The van der Waals surface area contributed by atoms with E-state index in [-0.39, 0.29) is 0 Å². The summed E-state index contributed by atoms with van der Waals surface area (Å²) in [6.45, 7) is 8.90. The van der Waals surface area contributed by atoms with E-state index in [1.165, 1.54) is 16.3 Å². The van der Waals surface area contributed by atoms with Crippen LogP contribution in [0.2, 0.25) is 0 Å². The van der Waals surface area contributed by atoms with E-state index >= 15 is 0 Å². The third kappa shape index (κ3) is 4.02. The van der Waals surface area contributed by atoms with Crippen LogP contribution >= 0.6 is 0 Å². The Morgan fingerprint density at radius 1 is 1.20 bits per heavy atom. The lowest BCUT2D eigenvalue weighted by Crippen LogP contribution is -2.37. The smallest absolute Gasteiger partial charge is 0.0622 e. The monoisotopic (exact) mass is 272 g/mol. The average molecular weight is 272 g/mol. The number of ether oxygens (including phenoxy) is 1. The van der Waals surface area contributed by atoms with Crippen molar-refractivity contribution < 1.29 is 4.74 Å². The fourth-order valence-corrected chi connectivity index (χ4v) is 2.22. The van der Waals surface area contributed by atoms with Crippen molar-refractivity contribution in [1.82, 2.24) is 10.3 Å². The topological polar surface area (TPSA) is 34.1 Å². The molecule has 3 nitrogen and oxygen atoms in total.